The van der Waals surface area contributed by atoms with Crippen molar-refractivity contribution in [3.8, 4) is 0 Å². The van der Waals surface area contributed by atoms with Gasteiger partial charge in [-0.05, 0) is 30.0 Å². The number of hydrogen-bond donors (Lipinski definition) is 2. The van der Waals surface area contributed by atoms with Crippen LogP contribution < -0.4 is 10.6 Å². The highest BCUT2D eigenvalue weighted by molar-refractivity contribution is 7.90. The van der Waals surface area contributed by atoms with Gasteiger partial charge in [-0.25, -0.2) is 8.42 Å². The summed E-state index contributed by atoms with van der Waals surface area (Å²) in [5.41, 5.74) is 1.79. The van der Waals surface area contributed by atoms with E-state index in [-0.39, 0.29) is 0 Å². The first-order valence-electron chi connectivity index (χ1n) is 10.9. The van der Waals surface area contributed by atoms with E-state index in [1.165, 1.54) is 6.26 Å². The number of aryl methyl sites for hydroxylation is 1. The van der Waals surface area contributed by atoms with Crippen LogP contribution in [0.5, 0.6) is 0 Å². The summed E-state index contributed by atoms with van der Waals surface area (Å²) in [6, 6.07) is 5.89. The maximum absolute atomic E-state index is 11.8. The van der Waals surface area contributed by atoms with Gasteiger partial charge in [0.15, 0.2) is 15.8 Å². The fourth-order valence-corrected chi connectivity index (χ4v) is 5.14. The second-order valence-electron chi connectivity index (χ2n) is 7.97. The summed E-state index contributed by atoms with van der Waals surface area (Å²) < 4.78 is 29.1. The summed E-state index contributed by atoms with van der Waals surface area (Å²) in [5, 5.41) is 6.85. The van der Waals surface area contributed by atoms with Crippen molar-refractivity contribution in [2.45, 2.75) is 51.1 Å². The Kier molecular flexibility index (Phi) is 9.58. The van der Waals surface area contributed by atoms with Gasteiger partial charge in [0.25, 0.3) is 0 Å². The van der Waals surface area contributed by atoms with Gasteiger partial charge in [0.2, 0.25) is 0 Å². The third-order valence-corrected chi connectivity index (χ3v) is 7.17. The maximum Gasteiger partial charge on any atom is 0.191 e. The fourth-order valence-electron chi connectivity index (χ4n) is 4.18. The lowest BCUT2D eigenvalue weighted by molar-refractivity contribution is 0.00272. The molecule has 1 aliphatic rings. The van der Waals surface area contributed by atoms with Crippen molar-refractivity contribution in [2.75, 3.05) is 46.2 Å². The highest BCUT2D eigenvalue weighted by atomic mass is 32.2. The van der Waals surface area contributed by atoms with Gasteiger partial charge >= 0.3 is 0 Å². The van der Waals surface area contributed by atoms with Crippen LogP contribution in [0.3, 0.4) is 0 Å². The minimum atomic E-state index is -3.20. The van der Waals surface area contributed by atoms with Crippen molar-refractivity contribution >= 4 is 15.8 Å². The second kappa shape index (κ2) is 11.7. The molecule has 1 fully saturated rings. The van der Waals surface area contributed by atoms with Crippen LogP contribution in [0.15, 0.2) is 28.1 Å². The molecular formula is C22H38N4O3S. The third-order valence-electron chi connectivity index (χ3n) is 5.91. The van der Waals surface area contributed by atoms with Gasteiger partial charge in [-0.2, -0.15) is 0 Å². The van der Waals surface area contributed by atoms with Crippen LogP contribution in [0.25, 0.3) is 0 Å². The van der Waals surface area contributed by atoms with Gasteiger partial charge < -0.3 is 15.4 Å². The SMILES string of the molecule is CCC(CC)C(CNC(=NC)NCc1ccc(S(C)(=O)=O)c(C)c1)N1CCOCC1. The molecule has 2 rings (SSSR count). The molecule has 1 aliphatic heterocycles. The van der Waals surface area contributed by atoms with E-state index in [0.29, 0.717) is 23.4 Å². The quantitative estimate of drug-likeness (QED) is 0.454. The summed E-state index contributed by atoms with van der Waals surface area (Å²) in [6.45, 7) is 11.3. The zero-order valence-corrected chi connectivity index (χ0v) is 19.9. The molecule has 1 atom stereocenters. The van der Waals surface area contributed by atoms with Crippen LogP contribution in [0.1, 0.15) is 37.8 Å². The number of morpholine rings is 1. The van der Waals surface area contributed by atoms with Crippen molar-refractivity contribution in [3.05, 3.63) is 29.3 Å². The average molecular weight is 439 g/mol. The topological polar surface area (TPSA) is 83.0 Å². The van der Waals surface area contributed by atoms with E-state index >= 15 is 0 Å². The second-order valence-corrected chi connectivity index (χ2v) is 9.96. The van der Waals surface area contributed by atoms with Crippen LogP contribution in [0.4, 0.5) is 0 Å². The molecule has 1 aromatic rings. The Bertz CT molecular complexity index is 801. The first kappa shape index (κ1) is 24.6. The number of guanidine groups is 1. The monoisotopic (exact) mass is 438 g/mol. The molecule has 1 unspecified atom stereocenters. The van der Waals surface area contributed by atoms with Crippen LogP contribution in [-0.2, 0) is 21.1 Å². The number of aliphatic imine (C=N–C) groups is 1. The van der Waals surface area contributed by atoms with Gasteiger partial charge in [0, 0.05) is 45.5 Å². The van der Waals surface area contributed by atoms with Gasteiger partial charge in [-0.1, -0.05) is 38.8 Å². The number of rotatable bonds is 9. The Labute approximate surface area is 182 Å². The van der Waals surface area contributed by atoms with E-state index in [1.807, 2.05) is 19.1 Å². The molecule has 8 heteroatoms. The molecule has 0 saturated carbocycles. The van der Waals surface area contributed by atoms with E-state index in [2.05, 4.69) is 34.4 Å². The van der Waals surface area contributed by atoms with E-state index in [0.717, 1.165) is 62.8 Å². The van der Waals surface area contributed by atoms with Crippen LogP contribution in [0.2, 0.25) is 0 Å². The first-order valence-corrected chi connectivity index (χ1v) is 12.7. The summed E-state index contributed by atoms with van der Waals surface area (Å²) >= 11 is 0. The Morgan fingerprint density at radius 3 is 2.40 bits per heavy atom. The van der Waals surface area contributed by atoms with E-state index in [4.69, 9.17) is 4.74 Å². The molecule has 0 amide bonds. The van der Waals surface area contributed by atoms with Crippen molar-refractivity contribution < 1.29 is 13.2 Å². The molecule has 1 heterocycles. The van der Waals surface area contributed by atoms with E-state index in [9.17, 15) is 8.42 Å². The normalized spacial score (nSPS) is 17.2. The van der Waals surface area contributed by atoms with Crippen molar-refractivity contribution in [1.82, 2.24) is 15.5 Å². The van der Waals surface area contributed by atoms with Gasteiger partial charge in [0.05, 0.1) is 18.1 Å². The molecule has 0 aliphatic carbocycles. The zero-order valence-electron chi connectivity index (χ0n) is 19.1. The zero-order chi connectivity index (χ0) is 22.1. The standard InChI is InChI=1S/C22H38N4O3S/c1-6-19(7-2)20(26-10-12-29-13-11-26)16-25-22(23-4)24-15-18-8-9-21(17(3)14-18)30(5,27)28/h8-9,14,19-20H,6-7,10-13,15-16H2,1-5H3,(H2,23,24,25). The molecule has 1 aromatic carbocycles. The van der Waals surface area contributed by atoms with Crippen molar-refractivity contribution in [1.29, 1.82) is 0 Å². The van der Waals surface area contributed by atoms with Crippen LogP contribution in [0, 0.1) is 12.8 Å². The summed E-state index contributed by atoms with van der Waals surface area (Å²) in [6.07, 6.45) is 3.54. The van der Waals surface area contributed by atoms with Crippen molar-refractivity contribution in [3.63, 3.8) is 0 Å². The molecule has 7 nitrogen and oxygen atoms in total. The summed E-state index contributed by atoms with van der Waals surface area (Å²) in [5.74, 6) is 1.38. The number of benzene rings is 1. The fraction of sp³-hybridized carbons (Fsp3) is 0.682. The lowest BCUT2D eigenvalue weighted by atomic mass is 9.92. The van der Waals surface area contributed by atoms with Crippen molar-refractivity contribution in [2.24, 2.45) is 10.9 Å². The van der Waals surface area contributed by atoms with Gasteiger partial charge in [-0.3, -0.25) is 9.89 Å². The molecule has 0 spiro atoms. The van der Waals surface area contributed by atoms with Crippen LogP contribution in [-0.4, -0.2) is 71.5 Å². The smallest absolute Gasteiger partial charge is 0.191 e. The molecule has 0 aromatic heterocycles. The predicted octanol–water partition coefficient (Wildman–Crippen LogP) is 2.20. The number of hydrogen-bond acceptors (Lipinski definition) is 5. The minimum absolute atomic E-state index is 0.382. The van der Waals surface area contributed by atoms with Gasteiger partial charge in [-0.15, -0.1) is 0 Å². The average Bonchev–Trinajstić information content (AvgIpc) is 2.72. The lowest BCUT2D eigenvalue weighted by Crippen LogP contribution is -2.53. The Hall–Kier alpha value is -1.64. The van der Waals surface area contributed by atoms with E-state index in [1.54, 1.807) is 13.1 Å². The Balaban J connectivity index is 1.98. The number of sulfone groups is 1. The molecule has 0 bridgehead atoms. The summed E-state index contributed by atoms with van der Waals surface area (Å²) in [7, 11) is -1.43. The highest BCUT2D eigenvalue weighted by Crippen LogP contribution is 2.20. The van der Waals surface area contributed by atoms with Crippen LogP contribution >= 0.6 is 0 Å². The minimum Gasteiger partial charge on any atom is -0.379 e. The van der Waals surface area contributed by atoms with E-state index < -0.39 is 9.84 Å². The highest BCUT2D eigenvalue weighted by Gasteiger charge is 2.27. The number of nitrogens with zero attached hydrogens (tertiary/aromatic N) is 2. The van der Waals surface area contributed by atoms with Gasteiger partial charge in [0.1, 0.15) is 0 Å². The third kappa shape index (κ3) is 6.96. The molecule has 1 saturated heterocycles. The largest absolute Gasteiger partial charge is 0.379 e. The molecule has 30 heavy (non-hydrogen) atoms. The number of nitrogens with one attached hydrogen (secondary N) is 2. The Morgan fingerprint density at radius 2 is 1.87 bits per heavy atom. The lowest BCUT2D eigenvalue weighted by Gasteiger charge is -2.39. The Morgan fingerprint density at radius 1 is 1.20 bits per heavy atom. The maximum atomic E-state index is 11.8. The molecule has 170 valence electrons. The number of ether oxygens (including phenoxy) is 1. The summed E-state index contributed by atoms with van der Waals surface area (Å²) in [4.78, 5) is 7.28. The first-order chi connectivity index (χ1) is 14.3. The molecule has 2 N–H and O–H groups in total. The predicted molar refractivity (Wildman–Crippen MR) is 123 cm³/mol. The molecular weight excluding hydrogens is 400 g/mol. The molecule has 0 radical (unpaired) electrons.